The maximum Gasteiger partial charge on any atom is 0.169 e. The molecule has 0 amide bonds. The van der Waals surface area contributed by atoms with E-state index >= 15 is 0 Å². The van der Waals surface area contributed by atoms with Gasteiger partial charge in [0, 0.05) is 16.9 Å². The van der Waals surface area contributed by atoms with Crippen molar-refractivity contribution in [3.63, 3.8) is 0 Å². The topological polar surface area (TPSA) is 37.3 Å². The molecule has 0 aromatic heterocycles. The Bertz CT molecular complexity index is 610. The van der Waals surface area contributed by atoms with E-state index in [9.17, 15) is 9.90 Å². The smallest absolute Gasteiger partial charge is 0.169 e. The molecule has 1 N–H and O–H groups in total. The second kappa shape index (κ2) is 5.71. The predicted octanol–water partition coefficient (Wildman–Crippen LogP) is 4.94. The van der Waals surface area contributed by atoms with Gasteiger partial charge in [-0.15, -0.1) is 0 Å². The molecule has 4 heteroatoms. The zero-order valence-corrected chi connectivity index (χ0v) is 15.9. The first-order valence-electron chi connectivity index (χ1n) is 8.89. The summed E-state index contributed by atoms with van der Waals surface area (Å²) in [4.78, 5) is 12.0. The highest BCUT2D eigenvalue weighted by atomic mass is 79.9. The summed E-state index contributed by atoms with van der Waals surface area (Å²) in [5, 5.41) is 11.3. The van der Waals surface area contributed by atoms with E-state index in [2.05, 4.69) is 22.9 Å². The molecule has 4 rings (SSSR count). The lowest BCUT2D eigenvalue weighted by Crippen LogP contribution is -2.52. The number of allylic oxidation sites excluding steroid dienone is 3. The van der Waals surface area contributed by atoms with E-state index in [1.54, 1.807) is 0 Å². The van der Waals surface area contributed by atoms with Crippen LogP contribution in [0.2, 0.25) is 0 Å². The Morgan fingerprint density at radius 3 is 2.83 bits per heavy atom. The second-order valence-electron chi connectivity index (χ2n) is 8.15. The molecule has 1 unspecified atom stereocenters. The molecule has 0 bridgehead atoms. The molecule has 0 heterocycles. The molecule has 6 atom stereocenters. The molecular formula is C19H24BrClO2. The molecule has 0 spiro atoms. The number of hydrogen-bond acceptors (Lipinski definition) is 2. The molecule has 2 fully saturated rings. The van der Waals surface area contributed by atoms with Crippen molar-refractivity contribution in [3.05, 3.63) is 21.2 Å². The molecular weight excluding hydrogens is 376 g/mol. The van der Waals surface area contributed by atoms with Gasteiger partial charge >= 0.3 is 0 Å². The summed E-state index contributed by atoms with van der Waals surface area (Å²) in [5.41, 5.74) is 1.31. The molecule has 0 aromatic rings. The Labute approximate surface area is 151 Å². The van der Waals surface area contributed by atoms with Crippen molar-refractivity contribution in [3.8, 4) is 0 Å². The van der Waals surface area contributed by atoms with Crippen molar-refractivity contribution in [2.24, 2.45) is 29.1 Å². The summed E-state index contributed by atoms with van der Waals surface area (Å²) in [6, 6.07) is 0. The van der Waals surface area contributed by atoms with E-state index in [-0.39, 0.29) is 11.2 Å². The minimum absolute atomic E-state index is 0.0735. The molecule has 0 radical (unpaired) electrons. The zero-order valence-electron chi connectivity index (χ0n) is 13.5. The molecule has 4 aliphatic rings. The van der Waals surface area contributed by atoms with E-state index in [4.69, 9.17) is 11.6 Å². The standard InChI is InChI=1S/C19H24BrClO2/c1-19-9-8-11-10-4-7-16(22)17(20)13(10)3-2-12(11)14(19)5-6-15(21)18(19)23/h6,10-12,14,18,23H,2-5,7-9H2,1H3/t10-,11-,12-,14+,18?,19+/m1/s1. The first-order chi connectivity index (χ1) is 10.9. The summed E-state index contributed by atoms with van der Waals surface area (Å²) >= 11 is 9.83. The molecule has 4 aliphatic carbocycles. The molecule has 126 valence electrons. The van der Waals surface area contributed by atoms with Crippen LogP contribution in [-0.2, 0) is 4.79 Å². The third-order valence-corrected chi connectivity index (χ3v) is 8.62. The van der Waals surface area contributed by atoms with Crippen LogP contribution in [0.4, 0.5) is 0 Å². The normalized spacial score (nSPS) is 46.7. The van der Waals surface area contributed by atoms with Crippen LogP contribution in [0.25, 0.3) is 0 Å². The first-order valence-corrected chi connectivity index (χ1v) is 10.1. The molecule has 2 saturated carbocycles. The van der Waals surface area contributed by atoms with E-state index in [1.807, 2.05) is 6.08 Å². The minimum Gasteiger partial charge on any atom is -0.387 e. The third kappa shape index (κ3) is 2.33. The highest BCUT2D eigenvalue weighted by Gasteiger charge is 2.55. The van der Waals surface area contributed by atoms with Crippen molar-refractivity contribution in [2.45, 2.75) is 58.0 Å². The largest absolute Gasteiger partial charge is 0.387 e. The van der Waals surface area contributed by atoms with Gasteiger partial charge in [0.1, 0.15) is 0 Å². The van der Waals surface area contributed by atoms with Gasteiger partial charge in [-0.05, 0) is 83.7 Å². The van der Waals surface area contributed by atoms with Crippen molar-refractivity contribution in [2.75, 3.05) is 0 Å². The lowest BCUT2D eigenvalue weighted by Gasteiger charge is -2.57. The predicted molar refractivity (Wildman–Crippen MR) is 95.3 cm³/mol. The number of aliphatic hydroxyl groups is 1. The van der Waals surface area contributed by atoms with Gasteiger partial charge in [0.2, 0.25) is 0 Å². The lowest BCUT2D eigenvalue weighted by molar-refractivity contribution is -0.117. The fraction of sp³-hybridized carbons (Fsp3) is 0.737. The molecule has 0 aliphatic heterocycles. The Morgan fingerprint density at radius 2 is 2.04 bits per heavy atom. The van der Waals surface area contributed by atoms with Crippen molar-refractivity contribution < 1.29 is 9.90 Å². The number of carbonyl (C=O) groups excluding carboxylic acids is 1. The van der Waals surface area contributed by atoms with Gasteiger partial charge in [-0.2, -0.15) is 0 Å². The number of carbonyl (C=O) groups is 1. The molecule has 23 heavy (non-hydrogen) atoms. The van der Waals surface area contributed by atoms with E-state index in [0.29, 0.717) is 35.1 Å². The zero-order chi connectivity index (χ0) is 16.4. The summed E-state index contributed by atoms with van der Waals surface area (Å²) in [7, 11) is 0. The molecule has 0 saturated heterocycles. The van der Waals surface area contributed by atoms with Gasteiger partial charge in [0.15, 0.2) is 5.78 Å². The maximum atomic E-state index is 12.0. The first kappa shape index (κ1) is 16.4. The van der Waals surface area contributed by atoms with Gasteiger partial charge < -0.3 is 5.11 Å². The third-order valence-electron chi connectivity index (χ3n) is 7.30. The number of fused-ring (bicyclic) bond motifs is 5. The van der Waals surface area contributed by atoms with Crippen LogP contribution >= 0.6 is 27.5 Å². The summed E-state index contributed by atoms with van der Waals surface area (Å²) in [5.74, 6) is 2.72. The van der Waals surface area contributed by atoms with Crippen LogP contribution in [0, 0.1) is 29.1 Å². The quantitative estimate of drug-likeness (QED) is 0.626. The fourth-order valence-corrected chi connectivity index (χ4v) is 7.06. The van der Waals surface area contributed by atoms with Crippen LogP contribution in [-0.4, -0.2) is 17.0 Å². The van der Waals surface area contributed by atoms with Gasteiger partial charge in [-0.3, -0.25) is 4.79 Å². The number of rotatable bonds is 0. The average Bonchev–Trinajstić information content (AvgIpc) is 2.54. The van der Waals surface area contributed by atoms with E-state index < -0.39 is 6.10 Å². The van der Waals surface area contributed by atoms with Crippen LogP contribution in [0.3, 0.4) is 0 Å². The second-order valence-corrected chi connectivity index (χ2v) is 9.38. The Kier molecular flexibility index (Phi) is 4.06. The lowest BCUT2D eigenvalue weighted by atomic mass is 9.49. The Morgan fingerprint density at radius 1 is 1.26 bits per heavy atom. The SMILES string of the molecule is C[C@]12CC[C@H]3[C@@H](CCC4=C(Br)C(=O)CC[C@@H]43)[C@@H]1CC=C(Cl)C2O. The van der Waals surface area contributed by atoms with Gasteiger partial charge in [0.05, 0.1) is 10.6 Å². The van der Waals surface area contributed by atoms with Gasteiger partial charge in [0.25, 0.3) is 0 Å². The highest BCUT2D eigenvalue weighted by Crippen LogP contribution is 2.61. The van der Waals surface area contributed by atoms with Crippen molar-refractivity contribution in [1.29, 1.82) is 0 Å². The van der Waals surface area contributed by atoms with Gasteiger partial charge in [-0.25, -0.2) is 0 Å². The Balaban J connectivity index is 1.67. The monoisotopic (exact) mass is 398 g/mol. The van der Waals surface area contributed by atoms with Crippen LogP contribution < -0.4 is 0 Å². The fourth-order valence-electron chi connectivity index (χ4n) is 6.03. The Hall–Kier alpha value is -0.120. The van der Waals surface area contributed by atoms with Crippen molar-refractivity contribution in [1.82, 2.24) is 0 Å². The summed E-state index contributed by atoms with van der Waals surface area (Å²) in [6.07, 6.45) is 8.64. The number of ketones is 1. The number of halogens is 2. The van der Waals surface area contributed by atoms with Gasteiger partial charge in [-0.1, -0.05) is 24.6 Å². The van der Waals surface area contributed by atoms with Crippen LogP contribution in [0.15, 0.2) is 21.2 Å². The van der Waals surface area contributed by atoms with E-state index in [0.717, 1.165) is 43.0 Å². The maximum absolute atomic E-state index is 12.0. The van der Waals surface area contributed by atoms with Crippen LogP contribution in [0.5, 0.6) is 0 Å². The minimum atomic E-state index is -0.500. The number of hydrogen-bond donors (Lipinski definition) is 1. The summed E-state index contributed by atoms with van der Waals surface area (Å²) < 4.78 is 0.882. The van der Waals surface area contributed by atoms with Crippen LogP contribution in [0.1, 0.15) is 51.9 Å². The average molecular weight is 400 g/mol. The van der Waals surface area contributed by atoms with E-state index in [1.165, 1.54) is 5.57 Å². The molecule has 2 nitrogen and oxygen atoms in total. The van der Waals surface area contributed by atoms with Crippen molar-refractivity contribution >= 4 is 33.3 Å². The summed E-state index contributed by atoms with van der Waals surface area (Å²) in [6.45, 7) is 2.24. The molecule has 0 aromatic carbocycles. The number of aliphatic hydroxyl groups excluding tert-OH is 1. The number of Topliss-reactive ketones (excluding diaryl/α,β-unsaturated/α-hetero) is 1. The highest BCUT2D eigenvalue weighted by molar-refractivity contribution is 9.12.